The second-order valence-electron chi connectivity index (χ2n) is 3.77. The van der Waals surface area contributed by atoms with Gasteiger partial charge in [-0.15, -0.1) is 0 Å². The highest BCUT2D eigenvalue weighted by Gasteiger charge is 2.21. The molecule has 1 aliphatic rings. The monoisotopic (exact) mass is 194 g/mol. The van der Waals surface area contributed by atoms with Crippen LogP contribution >= 0.6 is 0 Å². The Balaban J connectivity index is 2.09. The van der Waals surface area contributed by atoms with Gasteiger partial charge >= 0.3 is 0 Å². The molecule has 3 N–H and O–H groups in total. The van der Waals surface area contributed by atoms with Gasteiger partial charge in [0.1, 0.15) is 5.82 Å². The molecule has 2 nitrogen and oxygen atoms in total. The first-order valence-corrected chi connectivity index (χ1v) is 5.04. The fourth-order valence-electron chi connectivity index (χ4n) is 1.45. The Morgan fingerprint density at radius 2 is 2.21 bits per heavy atom. The zero-order valence-corrected chi connectivity index (χ0v) is 8.09. The SMILES string of the molecule is NCCc1ccc(NC2CC2)c(F)c1. The van der Waals surface area contributed by atoms with E-state index < -0.39 is 0 Å². The minimum atomic E-state index is -0.164. The van der Waals surface area contributed by atoms with E-state index in [1.807, 2.05) is 6.07 Å². The minimum Gasteiger partial charge on any atom is -0.380 e. The summed E-state index contributed by atoms with van der Waals surface area (Å²) in [4.78, 5) is 0. The van der Waals surface area contributed by atoms with Crippen LogP contribution in [-0.2, 0) is 6.42 Å². The van der Waals surface area contributed by atoms with E-state index in [1.54, 1.807) is 12.1 Å². The first-order valence-electron chi connectivity index (χ1n) is 5.04. The Morgan fingerprint density at radius 1 is 1.43 bits per heavy atom. The van der Waals surface area contributed by atoms with Gasteiger partial charge < -0.3 is 11.1 Å². The molecule has 1 saturated carbocycles. The summed E-state index contributed by atoms with van der Waals surface area (Å²) in [5, 5.41) is 3.15. The van der Waals surface area contributed by atoms with Crippen molar-refractivity contribution in [2.45, 2.75) is 25.3 Å². The Kier molecular flexibility index (Phi) is 2.68. The lowest BCUT2D eigenvalue weighted by atomic mass is 10.1. The summed E-state index contributed by atoms with van der Waals surface area (Å²) in [7, 11) is 0. The Bertz CT molecular complexity index is 321. The van der Waals surface area contributed by atoms with E-state index in [4.69, 9.17) is 5.73 Å². The lowest BCUT2D eigenvalue weighted by Gasteiger charge is -2.07. The zero-order valence-electron chi connectivity index (χ0n) is 8.09. The van der Waals surface area contributed by atoms with E-state index >= 15 is 0 Å². The van der Waals surface area contributed by atoms with Crippen LogP contribution in [0.1, 0.15) is 18.4 Å². The minimum absolute atomic E-state index is 0.164. The summed E-state index contributed by atoms with van der Waals surface area (Å²) >= 11 is 0. The molecule has 0 radical (unpaired) electrons. The van der Waals surface area contributed by atoms with E-state index in [-0.39, 0.29) is 5.82 Å². The average molecular weight is 194 g/mol. The van der Waals surface area contributed by atoms with Crippen molar-refractivity contribution < 1.29 is 4.39 Å². The first kappa shape index (κ1) is 9.46. The molecule has 2 rings (SSSR count). The third-order valence-corrected chi connectivity index (χ3v) is 2.40. The van der Waals surface area contributed by atoms with Gasteiger partial charge in [-0.2, -0.15) is 0 Å². The van der Waals surface area contributed by atoms with Gasteiger partial charge in [0.15, 0.2) is 0 Å². The predicted octanol–water partition coefficient (Wildman–Crippen LogP) is 1.90. The number of anilines is 1. The smallest absolute Gasteiger partial charge is 0.146 e. The predicted molar refractivity (Wildman–Crippen MR) is 55.8 cm³/mol. The molecule has 1 aromatic rings. The third kappa shape index (κ3) is 2.23. The number of halogens is 1. The van der Waals surface area contributed by atoms with E-state index in [1.165, 1.54) is 0 Å². The number of benzene rings is 1. The molecule has 0 amide bonds. The van der Waals surface area contributed by atoms with Crippen molar-refractivity contribution in [1.29, 1.82) is 0 Å². The number of nitrogens with two attached hydrogens (primary N) is 1. The van der Waals surface area contributed by atoms with E-state index in [0.717, 1.165) is 24.8 Å². The second kappa shape index (κ2) is 3.96. The largest absolute Gasteiger partial charge is 0.380 e. The van der Waals surface area contributed by atoms with Crippen LogP contribution in [0, 0.1) is 5.82 Å². The summed E-state index contributed by atoms with van der Waals surface area (Å²) in [6, 6.07) is 5.79. The van der Waals surface area contributed by atoms with E-state index in [2.05, 4.69) is 5.32 Å². The van der Waals surface area contributed by atoms with Crippen LogP contribution in [0.15, 0.2) is 18.2 Å². The van der Waals surface area contributed by atoms with Gasteiger partial charge in [-0.25, -0.2) is 4.39 Å². The van der Waals surface area contributed by atoms with Crippen molar-refractivity contribution in [2.75, 3.05) is 11.9 Å². The van der Waals surface area contributed by atoms with Crippen molar-refractivity contribution in [3.63, 3.8) is 0 Å². The number of hydrogen-bond donors (Lipinski definition) is 2. The fraction of sp³-hybridized carbons (Fsp3) is 0.455. The Labute approximate surface area is 83.3 Å². The highest BCUT2D eigenvalue weighted by atomic mass is 19.1. The van der Waals surface area contributed by atoms with Gasteiger partial charge in [0.2, 0.25) is 0 Å². The van der Waals surface area contributed by atoms with Gasteiger partial charge in [-0.3, -0.25) is 0 Å². The molecule has 3 heteroatoms. The molecule has 0 spiro atoms. The Hall–Kier alpha value is -1.09. The topological polar surface area (TPSA) is 38.0 Å². The molecule has 0 aromatic heterocycles. The molecule has 76 valence electrons. The average Bonchev–Trinajstić information content (AvgIpc) is 2.94. The molecule has 0 atom stereocenters. The zero-order chi connectivity index (χ0) is 9.97. The van der Waals surface area contributed by atoms with Gasteiger partial charge in [0.05, 0.1) is 5.69 Å². The van der Waals surface area contributed by atoms with Crippen LogP contribution in [0.4, 0.5) is 10.1 Å². The highest BCUT2D eigenvalue weighted by Crippen LogP contribution is 2.26. The van der Waals surface area contributed by atoms with Gasteiger partial charge in [-0.1, -0.05) is 6.07 Å². The first-order chi connectivity index (χ1) is 6.79. The Morgan fingerprint density at radius 3 is 2.79 bits per heavy atom. The van der Waals surface area contributed by atoms with Crippen molar-refractivity contribution in [2.24, 2.45) is 5.73 Å². The molecule has 1 aromatic carbocycles. The van der Waals surface area contributed by atoms with Crippen LogP contribution in [0.2, 0.25) is 0 Å². The highest BCUT2D eigenvalue weighted by molar-refractivity contribution is 5.48. The maximum Gasteiger partial charge on any atom is 0.146 e. The number of rotatable bonds is 4. The van der Waals surface area contributed by atoms with Crippen molar-refractivity contribution >= 4 is 5.69 Å². The quantitative estimate of drug-likeness (QED) is 0.768. The molecule has 0 saturated heterocycles. The van der Waals surface area contributed by atoms with Crippen LogP contribution in [0.3, 0.4) is 0 Å². The standard InChI is InChI=1S/C11H15FN2/c12-10-7-8(5-6-13)1-4-11(10)14-9-2-3-9/h1,4,7,9,14H,2-3,5-6,13H2. The summed E-state index contributed by atoms with van der Waals surface area (Å²) < 4.78 is 13.5. The second-order valence-corrected chi connectivity index (χ2v) is 3.77. The number of nitrogens with one attached hydrogen (secondary N) is 1. The lowest BCUT2D eigenvalue weighted by Crippen LogP contribution is -2.05. The fourth-order valence-corrected chi connectivity index (χ4v) is 1.45. The molecule has 14 heavy (non-hydrogen) atoms. The summed E-state index contributed by atoms with van der Waals surface area (Å²) in [5.74, 6) is -0.164. The lowest BCUT2D eigenvalue weighted by molar-refractivity contribution is 0.627. The van der Waals surface area contributed by atoms with Crippen LogP contribution in [0.5, 0.6) is 0 Å². The molecular weight excluding hydrogens is 179 g/mol. The molecule has 0 unspecified atom stereocenters. The molecule has 0 heterocycles. The summed E-state index contributed by atoms with van der Waals surface area (Å²) in [6.45, 7) is 0.564. The van der Waals surface area contributed by atoms with Gasteiger partial charge in [0.25, 0.3) is 0 Å². The summed E-state index contributed by atoms with van der Waals surface area (Å²) in [5.41, 5.74) is 6.98. The summed E-state index contributed by atoms with van der Waals surface area (Å²) in [6.07, 6.45) is 3.05. The maximum absolute atomic E-state index is 13.5. The van der Waals surface area contributed by atoms with E-state index in [9.17, 15) is 4.39 Å². The van der Waals surface area contributed by atoms with E-state index in [0.29, 0.717) is 18.3 Å². The van der Waals surface area contributed by atoms with Gasteiger partial charge in [0, 0.05) is 6.04 Å². The number of hydrogen-bond acceptors (Lipinski definition) is 2. The molecule has 0 aliphatic heterocycles. The van der Waals surface area contributed by atoms with Crippen LogP contribution in [0.25, 0.3) is 0 Å². The molecule has 0 bridgehead atoms. The van der Waals surface area contributed by atoms with Crippen molar-refractivity contribution in [3.05, 3.63) is 29.6 Å². The molecular formula is C11H15FN2. The normalized spacial score (nSPS) is 15.6. The molecule has 1 aliphatic carbocycles. The molecule has 1 fully saturated rings. The van der Waals surface area contributed by atoms with Crippen molar-refractivity contribution in [1.82, 2.24) is 0 Å². The maximum atomic E-state index is 13.5. The van der Waals surface area contributed by atoms with Gasteiger partial charge in [-0.05, 0) is 43.5 Å². The third-order valence-electron chi connectivity index (χ3n) is 2.40. The van der Waals surface area contributed by atoms with Crippen LogP contribution in [-0.4, -0.2) is 12.6 Å². The van der Waals surface area contributed by atoms with Crippen molar-refractivity contribution in [3.8, 4) is 0 Å². The van der Waals surface area contributed by atoms with Crippen LogP contribution < -0.4 is 11.1 Å².